The van der Waals surface area contributed by atoms with Gasteiger partial charge in [-0.2, -0.15) is 0 Å². The predicted molar refractivity (Wildman–Crippen MR) is 61.5 cm³/mol. The highest BCUT2D eigenvalue weighted by Crippen LogP contribution is 2.19. The van der Waals surface area contributed by atoms with Gasteiger partial charge < -0.3 is 11.1 Å². The van der Waals surface area contributed by atoms with E-state index >= 15 is 0 Å². The van der Waals surface area contributed by atoms with Crippen LogP contribution in [0.2, 0.25) is 0 Å². The summed E-state index contributed by atoms with van der Waals surface area (Å²) in [4.78, 5) is 14.0. The fourth-order valence-corrected chi connectivity index (χ4v) is 2.17. The van der Waals surface area contributed by atoms with Crippen LogP contribution in [0.4, 0.5) is 0 Å². The molecule has 1 rings (SSSR count). The number of carbonyl (C=O) groups excluding carboxylic acids is 1. The third-order valence-corrected chi connectivity index (χ3v) is 3.12. The van der Waals surface area contributed by atoms with Crippen LogP contribution in [0.1, 0.15) is 33.1 Å². The van der Waals surface area contributed by atoms with Crippen molar-refractivity contribution in [2.45, 2.75) is 45.2 Å². The molecule has 4 heteroatoms. The normalized spacial score (nSPS) is 24.1. The van der Waals surface area contributed by atoms with Gasteiger partial charge in [0.05, 0.1) is 6.04 Å². The molecule has 0 aromatic heterocycles. The van der Waals surface area contributed by atoms with E-state index in [2.05, 4.69) is 17.1 Å². The largest absolute Gasteiger partial charge is 0.355 e. The average molecular weight is 213 g/mol. The quantitative estimate of drug-likeness (QED) is 0.691. The maximum absolute atomic E-state index is 11.8. The SMILES string of the molecule is CCCNC(=O)C(C)N1CCCC1CN. The maximum Gasteiger partial charge on any atom is 0.237 e. The van der Waals surface area contributed by atoms with Crippen molar-refractivity contribution in [1.82, 2.24) is 10.2 Å². The van der Waals surface area contributed by atoms with Crippen molar-refractivity contribution in [3.63, 3.8) is 0 Å². The van der Waals surface area contributed by atoms with Gasteiger partial charge in [-0.25, -0.2) is 0 Å². The first-order chi connectivity index (χ1) is 7.20. The fourth-order valence-electron chi connectivity index (χ4n) is 2.17. The minimum Gasteiger partial charge on any atom is -0.355 e. The smallest absolute Gasteiger partial charge is 0.237 e. The maximum atomic E-state index is 11.8. The lowest BCUT2D eigenvalue weighted by atomic mass is 10.2. The van der Waals surface area contributed by atoms with Crippen molar-refractivity contribution < 1.29 is 4.79 Å². The summed E-state index contributed by atoms with van der Waals surface area (Å²) in [6.45, 7) is 6.46. The molecular weight excluding hydrogens is 190 g/mol. The van der Waals surface area contributed by atoms with E-state index in [9.17, 15) is 4.79 Å². The van der Waals surface area contributed by atoms with Crippen molar-refractivity contribution in [2.75, 3.05) is 19.6 Å². The molecule has 0 aliphatic carbocycles. The van der Waals surface area contributed by atoms with Crippen LogP contribution in [0, 0.1) is 0 Å². The second-order valence-electron chi connectivity index (χ2n) is 4.24. The van der Waals surface area contributed by atoms with Crippen molar-refractivity contribution in [2.24, 2.45) is 5.73 Å². The molecule has 0 aromatic carbocycles. The topological polar surface area (TPSA) is 58.4 Å². The van der Waals surface area contributed by atoms with Crippen LogP contribution in [0.25, 0.3) is 0 Å². The van der Waals surface area contributed by atoms with Crippen LogP contribution >= 0.6 is 0 Å². The predicted octanol–water partition coefficient (Wildman–Crippen LogP) is 0.324. The van der Waals surface area contributed by atoms with E-state index < -0.39 is 0 Å². The average Bonchev–Trinajstić information content (AvgIpc) is 2.72. The van der Waals surface area contributed by atoms with Gasteiger partial charge >= 0.3 is 0 Å². The number of amides is 1. The van der Waals surface area contributed by atoms with Gasteiger partial charge in [0.1, 0.15) is 0 Å². The molecule has 2 atom stereocenters. The summed E-state index contributed by atoms with van der Waals surface area (Å²) in [5, 5.41) is 2.93. The van der Waals surface area contributed by atoms with Crippen LogP contribution < -0.4 is 11.1 Å². The van der Waals surface area contributed by atoms with Crippen LogP contribution in [-0.2, 0) is 4.79 Å². The molecular formula is C11H23N3O. The summed E-state index contributed by atoms with van der Waals surface area (Å²) in [6, 6.07) is 0.361. The Kier molecular flexibility index (Phi) is 5.05. The molecule has 0 spiro atoms. The Bertz CT molecular complexity index is 208. The van der Waals surface area contributed by atoms with Crippen molar-refractivity contribution >= 4 is 5.91 Å². The molecule has 1 aliphatic rings. The molecule has 1 saturated heterocycles. The summed E-state index contributed by atoms with van der Waals surface area (Å²) >= 11 is 0. The molecule has 1 amide bonds. The highest BCUT2D eigenvalue weighted by molar-refractivity contribution is 5.81. The Hall–Kier alpha value is -0.610. The lowest BCUT2D eigenvalue weighted by Gasteiger charge is -2.28. The zero-order valence-electron chi connectivity index (χ0n) is 9.83. The Labute approximate surface area is 92.2 Å². The summed E-state index contributed by atoms with van der Waals surface area (Å²) in [6.07, 6.45) is 3.27. The van der Waals surface area contributed by atoms with E-state index in [0.29, 0.717) is 12.6 Å². The zero-order chi connectivity index (χ0) is 11.3. The van der Waals surface area contributed by atoms with Crippen LogP contribution in [-0.4, -0.2) is 42.5 Å². The first-order valence-corrected chi connectivity index (χ1v) is 5.94. The number of nitrogens with two attached hydrogens (primary N) is 1. The van der Waals surface area contributed by atoms with Crippen molar-refractivity contribution in [3.05, 3.63) is 0 Å². The molecule has 3 N–H and O–H groups in total. The number of nitrogens with zero attached hydrogens (tertiary/aromatic N) is 1. The molecule has 1 fully saturated rings. The Morgan fingerprint density at radius 2 is 2.40 bits per heavy atom. The highest BCUT2D eigenvalue weighted by Gasteiger charge is 2.30. The molecule has 0 saturated carbocycles. The Balaban J connectivity index is 2.44. The summed E-state index contributed by atoms with van der Waals surface area (Å²) in [7, 11) is 0. The van der Waals surface area contributed by atoms with Gasteiger partial charge in [0.2, 0.25) is 5.91 Å². The van der Waals surface area contributed by atoms with E-state index in [1.54, 1.807) is 0 Å². The first-order valence-electron chi connectivity index (χ1n) is 5.94. The third-order valence-electron chi connectivity index (χ3n) is 3.12. The first kappa shape index (κ1) is 12.5. The van der Waals surface area contributed by atoms with E-state index in [-0.39, 0.29) is 11.9 Å². The Morgan fingerprint density at radius 1 is 1.67 bits per heavy atom. The van der Waals surface area contributed by atoms with Gasteiger partial charge in [-0.15, -0.1) is 0 Å². The van der Waals surface area contributed by atoms with Crippen molar-refractivity contribution in [1.29, 1.82) is 0 Å². The van der Waals surface area contributed by atoms with Crippen molar-refractivity contribution in [3.8, 4) is 0 Å². The summed E-state index contributed by atoms with van der Waals surface area (Å²) in [5.74, 6) is 0.136. The fraction of sp³-hybridized carbons (Fsp3) is 0.909. The Morgan fingerprint density at radius 3 is 3.00 bits per heavy atom. The lowest BCUT2D eigenvalue weighted by molar-refractivity contribution is -0.126. The number of carbonyl (C=O) groups is 1. The zero-order valence-corrected chi connectivity index (χ0v) is 9.83. The van der Waals surface area contributed by atoms with E-state index in [0.717, 1.165) is 32.4 Å². The van der Waals surface area contributed by atoms with Gasteiger partial charge in [-0.1, -0.05) is 6.92 Å². The van der Waals surface area contributed by atoms with Crippen LogP contribution in [0.5, 0.6) is 0 Å². The van der Waals surface area contributed by atoms with Crippen LogP contribution in [0.15, 0.2) is 0 Å². The molecule has 1 heterocycles. The second kappa shape index (κ2) is 6.08. The highest BCUT2D eigenvalue weighted by atomic mass is 16.2. The van der Waals surface area contributed by atoms with Gasteiger partial charge in [-0.3, -0.25) is 9.69 Å². The molecule has 4 nitrogen and oxygen atoms in total. The number of nitrogens with one attached hydrogen (secondary N) is 1. The number of rotatable bonds is 5. The summed E-state index contributed by atoms with van der Waals surface area (Å²) in [5.41, 5.74) is 5.69. The van der Waals surface area contributed by atoms with Gasteiger partial charge in [0.25, 0.3) is 0 Å². The number of hydrogen-bond acceptors (Lipinski definition) is 3. The molecule has 0 bridgehead atoms. The summed E-state index contributed by atoms with van der Waals surface area (Å²) < 4.78 is 0. The molecule has 15 heavy (non-hydrogen) atoms. The molecule has 0 radical (unpaired) electrons. The van der Waals surface area contributed by atoms with Crippen LogP contribution in [0.3, 0.4) is 0 Å². The van der Waals surface area contributed by atoms with E-state index in [1.165, 1.54) is 0 Å². The molecule has 1 aliphatic heterocycles. The minimum absolute atomic E-state index is 0.0346. The minimum atomic E-state index is -0.0346. The third kappa shape index (κ3) is 3.18. The standard InChI is InChI=1S/C11H23N3O/c1-3-6-13-11(15)9(2)14-7-4-5-10(14)8-12/h9-10H,3-8,12H2,1-2H3,(H,13,15). The monoisotopic (exact) mass is 213 g/mol. The second-order valence-corrected chi connectivity index (χ2v) is 4.24. The van der Waals surface area contributed by atoms with Gasteiger partial charge in [0, 0.05) is 19.1 Å². The van der Waals surface area contributed by atoms with Gasteiger partial charge in [-0.05, 0) is 32.7 Å². The van der Waals surface area contributed by atoms with E-state index in [1.807, 2.05) is 6.92 Å². The molecule has 2 unspecified atom stereocenters. The van der Waals surface area contributed by atoms with E-state index in [4.69, 9.17) is 5.73 Å². The number of hydrogen-bond donors (Lipinski definition) is 2. The molecule has 88 valence electrons. The number of likely N-dealkylation sites (tertiary alicyclic amines) is 1. The molecule has 0 aromatic rings. The van der Waals surface area contributed by atoms with Gasteiger partial charge in [0.15, 0.2) is 0 Å². The lowest BCUT2D eigenvalue weighted by Crippen LogP contribution is -2.49.